The van der Waals surface area contributed by atoms with E-state index in [-0.39, 0.29) is 0 Å². The Kier molecular flexibility index (Phi) is 5.61. The SMILES string of the molecule is COCCC(C)NC(C)c1csc(Cl)c1. The molecule has 0 saturated heterocycles. The standard InChI is InChI=1S/C11H18ClNOS/c1-8(4-5-14-3)13-9(2)10-6-11(12)15-7-10/h6-9,13H,4-5H2,1-3H3. The molecule has 0 radical (unpaired) electrons. The van der Waals surface area contributed by atoms with Gasteiger partial charge in [-0.3, -0.25) is 0 Å². The first-order chi connectivity index (χ1) is 7.13. The molecule has 0 aromatic carbocycles. The minimum Gasteiger partial charge on any atom is -0.385 e. The number of halogens is 1. The largest absolute Gasteiger partial charge is 0.385 e. The Labute approximate surface area is 101 Å². The van der Waals surface area contributed by atoms with Crippen LogP contribution in [0.3, 0.4) is 0 Å². The lowest BCUT2D eigenvalue weighted by Crippen LogP contribution is -2.29. The second-order valence-electron chi connectivity index (χ2n) is 3.76. The second kappa shape index (κ2) is 6.48. The summed E-state index contributed by atoms with van der Waals surface area (Å²) >= 11 is 7.47. The van der Waals surface area contributed by atoms with Crippen molar-refractivity contribution in [1.82, 2.24) is 5.32 Å². The van der Waals surface area contributed by atoms with Crippen molar-refractivity contribution in [3.8, 4) is 0 Å². The molecule has 1 heterocycles. The molecule has 2 unspecified atom stereocenters. The van der Waals surface area contributed by atoms with Gasteiger partial charge in [0.2, 0.25) is 0 Å². The summed E-state index contributed by atoms with van der Waals surface area (Å²) in [6, 6.07) is 2.83. The van der Waals surface area contributed by atoms with Gasteiger partial charge in [0, 0.05) is 25.8 Å². The lowest BCUT2D eigenvalue weighted by molar-refractivity contribution is 0.183. The van der Waals surface area contributed by atoms with Gasteiger partial charge in [0.05, 0.1) is 4.34 Å². The highest BCUT2D eigenvalue weighted by molar-refractivity contribution is 7.14. The van der Waals surface area contributed by atoms with Gasteiger partial charge in [-0.2, -0.15) is 0 Å². The summed E-state index contributed by atoms with van der Waals surface area (Å²) in [4.78, 5) is 0. The van der Waals surface area contributed by atoms with Crippen molar-refractivity contribution in [3.63, 3.8) is 0 Å². The van der Waals surface area contributed by atoms with E-state index in [1.807, 2.05) is 6.07 Å². The van der Waals surface area contributed by atoms with Crippen LogP contribution in [-0.2, 0) is 4.74 Å². The van der Waals surface area contributed by atoms with Gasteiger partial charge in [0.15, 0.2) is 0 Å². The molecular formula is C11H18ClNOS. The number of thiophene rings is 1. The number of hydrogen-bond acceptors (Lipinski definition) is 3. The van der Waals surface area contributed by atoms with Gasteiger partial charge in [-0.25, -0.2) is 0 Å². The number of hydrogen-bond donors (Lipinski definition) is 1. The van der Waals surface area contributed by atoms with Crippen LogP contribution in [0.2, 0.25) is 4.34 Å². The molecule has 0 aliphatic heterocycles. The van der Waals surface area contributed by atoms with Crippen LogP contribution >= 0.6 is 22.9 Å². The van der Waals surface area contributed by atoms with E-state index in [4.69, 9.17) is 16.3 Å². The summed E-state index contributed by atoms with van der Waals surface area (Å²) in [7, 11) is 1.73. The normalized spacial score (nSPS) is 15.2. The van der Waals surface area contributed by atoms with Crippen LogP contribution in [0.15, 0.2) is 11.4 Å². The highest BCUT2D eigenvalue weighted by atomic mass is 35.5. The fourth-order valence-electron chi connectivity index (χ4n) is 1.45. The smallest absolute Gasteiger partial charge is 0.0931 e. The van der Waals surface area contributed by atoms with Gasteiger partial charge in [-0.1, -0.05) is 11.6 Å². The van der Waals surface area contributed by atoms with Crippen molar-refractivity contribution in [2.45, 2.75) is 32.4 Å². The topological polar surface area (TPSA) is 21.3 Å². The molecule has 2 nitrogen and oxygen atoms in total. The van der Waals surface area contributed by atoms with Crippen molar-refractivity contribution in [3.05, 3.63) is 21.3 Å². The minimum absolute atomic E-state index is 0.348. The van der Waals surface area contributed by atoms with E-state index in [0.717, 1.165) is 17.4 Å². The Bertz CT molecular complexity index is 290. The molecule has 15 heavy (non-hydrogen) atoms. The Balaban J connectivity index is 2.38. The van der Waals surface area contributed by atoms with E-state index < -0.39 is 0 Å². The monoisotopic (exact) mass is 247 g/mol. The third-order valence-corrected chi connectivity index (χ3v) is 3.49. The van der Waals surface area contributed by atoms with Crippen LogP contribution in [0.4, 0.5) is 0 Å². The lowest BCUT2D eigenvalue weighted by atomic mass is 10.1. The zero-order valence-electron chi connectivity index (χ0n) is 9.42. The first-order valence-corrected chi connectivity index (χ1v) is 6.38. The van der Waals surface area contributed by atoms with Crippen molar-refractivity contribution in [2.24, 2.45) is 0 Å². The fraction of sp³-hybridized carbons (Fsp3) is 0.636. The Morgan fingerprint density at radius 3 is 2.80 bits per heavy atom. The molecule has 4 heteroatoms. The summed E-state index contributed by atoms with van der Waals surface area (Å²) in [6.45, 7) is 5.12. The van der Waals surface area contributed by atoms with E-state index in [9.17, 15) is 0 Å². The molecule has 1 aromatic rings. The average Bonchev–Trinajstić information content (AvgIpc) is 2.61. The Morgan fingerprint density at radius 1 is 1.53 bits per heavy atom. The molecule has 1 rings (SSSR count). The van der Waals surface area contributed by atoms with Crippen LogP contribution in [0, 0.1) is 0 Å². The lowest BCUT2D eigenvalue weighted by Gasteiger charge is -2.18. The molecule has 0 saturated carbocycles. The van der Waals surface area contributed by atoms with E-state index in [1.54, 1.807) is 18.4 Å². The van der Waals surface area contributed by atoms with Gasteiger partial charge >= 0.3 is 0 Å². The van der Waals surface area contributed by atoms with Crippen molar-refractivity contribution in [1.29, 1.82) is 0 Å². The summed E-state index contributed by atoms with van der Waals surface area (Å²) in [6.07, 6.45) is 1.03. The Morgan fingerprint density at radius 2 is 2.27 bits per heavy atom. The summed E-state index contributed by atoms with van der Waals surface area (Å²) in [5.41, 5.74) is 1.26. The maximum Gasteiger partial charge on any atom is 0.0931 e. The molecular weight excluding hydrogens is 230 g/mol. The third-order valence-electron chi connectivity index (χ3n) is 2.38. The molecule has 0 amide bonds. The maximum atomic E-state index is 5.90. The molecule has 0 aliphatic rings. The van der Waals surface area contributed by atoms with E-state index in [1.165, 1.54) is 5.56 Å². The van der Waals surface area contributed by atoms with Gasteiger partial charge < -0.3 is 10.1 Å². The highest BCUT2D eigenvalue weighted by Crippen LogP contribution is 2.24. The van der Waals surface area contributed by atoms with E-state index in [0.29, 0.717) is 12.1 Å². The molecule has 0 fully saturated rings. The van der Waals surface area contributed by atoms with E-state index >= 15 is 0 Å². The number of ether oxygens (including phenoxy) is 1. The van der Waals surface area contributed by atoms with Crippen molar-refractivity contribution < 1.29 is 4.74 Å². The Hall–Kier alpha value is -0.0900. The minimum atomic E-state index is 0.348. The fourth-order valence-corrected chi connectivity index (χ4v) is 2.44. The molecule has 1 N–H and O–H groups in total. The first kappa shape index (κ1) is 13.0. The van der Waals surface area contributed by atoms with Crippen LogP contribution < -0.4 is 5.32 Å². The second-order valence-corrected chi connectivity index (χ2v) is 5.30. The number of methoxy groups -OCH3 is 1. The molecule has 1 aromatic heterocycles. The zero-order chi connectivity index (χ0) is 11.3. The van der Waals surface area contributed by atoms with Gasteiger partial charge in [-0.15, -0.1) is 11.3 Å². The molecule has 0 bridgehead atoms. The predicted molar refractivity (Wildman–Crippen MR) is 66.8 cm³/mol. The molecule has 2 atom stereocenters. The highest BCUT2D eigenvalue weighted by Gasteiger charge is 2.10. The van der Waals surface area contributed by atoms with Gasteiger partial charge in [0.25, 0.3) is 0 Å². The van der Waals surface area contributed by atoms with Crippen LogP contribution in [0.1, 0.15) is 31.9 Å². The van der Waals surface area contributed by atoms with Crippen molar-refractivity contribution >= 4 is 22.9 Å². The summed E-state index contributed by atoms with van der Waals surface area (Å²) < 4.78 is 5.90. The molecule has 0 aliphatic carbocycles. The first-order valence-electron chi connectivity index (χ1n) is 5.12. The van der Waals surface area contributed by atoms with Crippen LogP contribution in [-0.4, -0.2) is 19.8 Å². The van der Waals surface area contributed by atoms with Gasteiger partial charge in [-0.05, 0) is 37.3 Å². The third kappa shape index (κ3) is 4.51. The van der Waals surface area contributed by atoms with E-state index in [2.05, 4.69) is 24.5 Å². The summed E-state index contributed by atoms with van der Waals surface area (Å²) in [5, 5.41) is 5.61. The van der Waals surface area contributed by atoms with Crippen molar-refractivity contribution in [2.75, 3.05) is 13.7 Å². The zero-order valence-corrected chi connectivity index (χ0v) is 11.0. The maximum absolute atomic E-state index is 5.90. The molecule has 0 spiro atoms. The predicted octanol–water partition coefficient (Wildman–Crippen LogP) is 3.48. The van der Waals surface area contributed by atoms with Crippen LogP contribution in [0.5, 0.6) is 0 Å². The number of rotatable bonds is 6. The summed E-state index contributed by atoms with van der Waals surface area (Å²) in [5.74, 6) is 0. The average molecular weight is 248 g/mol. The van der Waals surface area contributed by atoms with Gasteiger partial charge in [0.1, 0.15) is 0 Å². The molecule has 86 valence electrons. The number of nitrogens with one attached hydrogen (secondary N) is 1. The quantitative estimate of drug-likeness (QED) is 0.831. The van der Waals surface area contributed by atoms with Crippen LogP contribution in [0.25, 0.3) is 0 Å².